The molecule has 0 saturated carbocycles. The number of hydrogen-bond donors (Lipinski definition) is 0. The number of nitrogens with zero attached hydrogens (tertiary/aromatic N) is 3. The quantitative estimate of drug-likeness (QED) is 0.185. The number of alkyl halides is 3. The van der Waals surface area contributed by atoms with Gasteiger partial charge in [0, 0.05) is 31.6 Å². The fourth-order valence-corrected chi connectivity index (χ4v) is 2.54. The minimum Gasteiger partial charge on any atom is -0.496 e. The van der Waals surface area contributed by atoms with Gasteiger partial charge in [0.25, 0.3) is 0 Å². The lowest BCUT2D eigenvalue weighted by atomic mass is 9.85. The number of benzene rings is 1. The molecule has 1 aromatic rings. The van der Waals surface area contributed by atoms with E-state index in [1.54, 1.807) is 20.2 Å². The number of rotatable bonds is 10. The first-order valence-electron chi connectivity index (χ1n) is 8.99. The Bertz CT molecular complexity index is 785. The number of hydrogen-bond acceptors (Lipinski definition) is 5. The molecule has 0 amide bonds. The van der Waals surface area contributed by atoms with E-state index in [4.69, 9.17) is 9.47 Å². The summed E-state index contributed by atoms with van der Waals surface area (Å²) in [4.78, 5) is 17.7. The first-order chi connectivity index (χ1) is 13.7. The zero-order chi connectivity index (χ0) is 22.1. The number of aliphatic imine (C=N–C) groups is 1. The van der Waals surface area contributed by atoms with Gasteiger partial charge in [-0.05, 0) is 37.6 Å². The summed E-state index contributed by atoms with van der Waals surface area (Å²) in [5, 5.41) is 2.53. The molecule has 0 aliphatic rings. The number of methoxy groups -OCH3 is 1. The summed E-state index contributed by atoms with van der Waals surface area (Å²) < 4.78 is 52.3. The van der Waals surface area contributed by atoms with Crippen molar-refractivity contribution in [3.8, 4) is 17.6 Å². The highest BCUT2D eigenvalue weighted by molar-refractivity contribution is 5.65. The Kier molecular flexibility index (Phi) is 9.11. The lowest BCUT2D eigenvalue weighted by molar-refractivity contribution is -0.194. The van der Waals surface area contributed by atoms with Crippen molar-refractivity contribution in [2.75, 3.05) is 33.9 Å². The van der Waals surface area contributed by atoms with Crippen molar-refractivity contribution in [1.82, 2.24) is 4.90 Å². The monoisotopic (exact) mass is 413 g/mol. The summed E-state index contributed by atoms with van der Waals surface area (Å²) in [5.74, 6) is 5.05. The van der Waals surface area contributed by atoms with Gasteiger partial charge in [-0.2, -0.15) is 13.2 Å². The molecular formula is C20H26F3N3O3. The van der Waals surface area contributed by atoms with Gasteiger partial charge in [0.15, 0.2) is 0 Å². The fourth-order valence-electron chi connectivity index (χ4n) is 2.54. The predicted molar refractivity (Wildman–Crippen MR) is 107 cm³/mol. The predicted octanol–water partition coefficient (Wildman–Crippen LogP) is 4.57. The topological polar surface area (TPSA) is 63.5 Å². The normalized spacial score (nSPS) is 13.5. The highest BCUT2D eigenvalue weighted by Crippen LogP contribution is 2.49. The second-order valence-electron chi connectivity index (χ2n) is 6.34. The van der Waals surface area contributed by atoms with Crippen molar-refractivity contribution in [3.05, 3.63) is 28.2 Å². The molecule has 0 spiro atoms. The largest absolute Gasteiger partial charge is 0.496 e. The molecular weight excluding hydrogens is 387 g/mol. The maximum atomic E-state index is 14.0. The van der Waals surface area contributed by atoms with E-state index in [1.165, 1.54) is 19.2 Å². The zero-order valence-corrected chi connectivity index (χ0v) is 17.3. The Labute approximate surface area is 169 Å². The third-order valence-electron chi connectivity index (χ3n) is 4.44. The molecule has 0 radical (unpaired) electrons. The third kappa shape index (κ3) is 5.94. The van der Waals surface area contributed by atoms with Gasteiger partial charge in [0.05, 0.1) is 25.7 Å². The average molecular weight is 413 g/mol. The number of nitroso groups, excluding NO2 is 1. The molecule has 1 unspecified atom stereocenters. The van der Waals surface area contributed by atoms with Crippen molar-refractivity contribution in [3.63, 3.8) is 0 Å². The van der Waals surface area contributed by atoms with E-state index < -0.39 is 18.1 Å². The fraction of sp³-hybridized carbons (Fsp3) is 0.550. The zero-order valence-electron chi connectivity index (χ0n) is 17.3. The van der Waals surface area contributed by atoms with Crippen LogP contribution in [0.2, 0.25) is 0 Å². The summed E-state index contributed by atoms with van der Waals surface area (Å²) >= 11 is 0. The molecule has 0 aliphatic carbocycles. The minimum atomic E-state index is -4.94. The SMILES string of the molecule is CC#CCOCCC(N=O)(c1cc(C)c(N=CN(C)CC)cc1OC)C(F)(F)F. The minimum absolute atomic E-state index is 0.0297. The van der Waals surface area contributed by atoms with Crippen LogP contribution in [0.5, 0.6) is 5.75 Å². The Hall–Kier alpha value is -2.60. The molecule has 29 heavy (non-hydrogen) atoms. The van der Waals surface area contributed by atoms with Crippen LogP contribution in [0.3, 0.4) is 0 Å². The van der Waals surface area contributed by atoms with Crippen LogP contribution in [-0.2, 0) is 10.3 Å². The van der Waals surface area contributed by atoms with E-state index in [-0.39, 0.29) is 24.5 Å². The summed E-state index contributed by atoms with van der Waals surface area (Å²) in [5.41, 5.74) is -2.49. The van der Waals surface area contributed by atoms with Crippen LogP contribution in [0.1, 0.15) is 31.4 Å². The first kappa shape index (κ1) is 24.4. The van der Waals surface area contributed by atoms with E-state index in [0.717, 1.165) is 0 Å². The summed E-state index contributed by atoms with van der Waals surface area (Å²) in [6, 6.07) is 2.62. The molecule has 0 bridgehead atoms. The van der Waals surface area contributed by atoms with Crippen molar-refractivity contribution < 1.29 is 22.6 Å². The standard InChI is InChI=1S/C20H26F3N3O3/c1-6-8-10-29-11-9-19(25-27,20(21,22)23)16-12-15(3)17(13-18(16)28-5)24-14-26(4)7-2/h12-14H,7,9-11H2,1-5H3. The maximum Gasteiger partial charge on any atom is 0.421 e. The molecule has 0 saturated heterocycles. The lowest BCUT2D eigenvalue weighted by Crippen LogP contribution is -2.41. The highest BCUT2D eigenvalue weighted by Gasteiger charge is 2.59. The summed E-state index contributed by atoms with van der Waals surface area (Å²) in [7, 11) is 3.05. The molecule has 1 rings (SSSR count). The summed E-state index contributed by atoms with van der Waals surface area (Å²) in [6.45, 7) is 5.48. The molecule has 1 aromatic carbocycles. The van der Waals surface area contributed by atoms with Crippen LogP contribution in [-0.4, -0.2) is 51.3 Å². The van der Waals surface area contributed by atoms with Gasteiger partial charge >= 0.3 is 6.18 Å². The second kappa shape index (κ2) is 10.8. The van der Waals surface area contributed by atoms with Gasteiger partial charge in [-0.3, -0.25) is 0 Å². The lowest BCUT2D eigenvalue weighted by Gasteiger charge is -2.31. The van der Waals surface area contributed by atoms with Crippen LogP contribution < -0.4 is 4.74 Å². The van der Waals surface area contributed by atoms with Gasteiger partial charge in [0.1, 0.15) is 12.4 Å². The molecule has 0 aliphatic heterocycles. The van der Waals surface area contributed by atoms with Crippen LogP contribution in [0, 0.1) is 23.7 Å². The van der Waals surface area contributed by atoms with Crippen molar-refractivity contribution >= 4 is 12.0 Å². The Balaban J connectivity index is 3.43. The van der Waals surface area contributed by atoms with Crippen molar-refractivity contribution in [2.45, 2.75) is 38.9 Å². The number of ether oxygens (including phenoxy) is 2. The molecule has 0 aromatic heterocycles. The van der Waals surface area contributed by atoms with Crippen LogP contribution in [0.25, 0.3) is 0 Å². The maximum absolute atomic E-state index is 14.0. The first-order valence-corrected chi connectivity index (χ1v) is 8.99. The van der Waals surface area contributed by atoms with E-state index in [2.05, 4.69) is 22.0 Å². The molecule has 1 atom stereocenters. The second-order valence-corrected chi connectivity index (χ2v) is 6.34. The van der Waals surface area contributed by atoms with Gasteiger partial charge < -0.3 is 14.4 Å². The number of aryl methyl sites for hydroxylation is 1. The van der Waals surface area contributed by atoms with Gasteiger partial charge in [-0.25, -0.2) is 4.99 Å². The van der Waals surface area contributed by atoms with Crippen molar-refractivity contribution in [2.24, 2.45) is 10.2 Å². The number of halogens is 3. The van der Waals surface area contributed by atoms with Crippen LogP contribution in [0.15, 0.2) is 22.3 Å². The Morgan fingerprint density at radius 2 is 2.00 bits per heavy atom. The van der Waals surface area contributed by atoms with E-state index in [9.17, 15) is 18.1 Å². The molecule has 9 heteroatoms. The van der Waals surface area contributed by atoms with Gasteiger partial charge in [0.2, 0.25) is 5.54 Å². The smallest absolute Gasteiger partial charge is 0.421 e. The van der Waals surface area contributed by atoms with Crippen molar-refractivity contribution in [1.29, 1.82) is 0 Å². The summed E-state index contributed by atoms with van der Waals surface area (Å²) in [6.07, 6.45) is -4.07. The van der Waals surface area contributed by atoms with Gasteiger partial charge in [-0.15, -0.1) is 10.8 Å². The van der Waals surface area contributed by atoms with E-state index >= 15 is 0 Å². The van der Waals surface area contributed by atoms with Crippen LogP contribution >= 0.6 is 0 Å². The average Bonchev–Trinajstić information content (AvgIpc) is 2.68. The molecule has 0 heterocycles. The van der Waals surface area contributed by atoms with E-state index in [0.29, 0.717) is 17.8 Å². The highest BCUT2D eigenvalue weighted by atomic mass is 19.4. The Morgan fingerprint density at radius 3 is 2.52 bits per heavy atom. The van der Waals surface area contributed by atoms with E-state index in [1.807, 2.05) is 18.9 Å². The molecule has 0 fully saturated rings. The Morgan fingerprint density at radius 1 is 1.31 bits per heavy atom. The molecule has 160 valence electrons. The molecule has 6 nitrogen and oxygen atoms in total. The van der Waals surface area contributed by atoms with Crippen LogP contribution in [0.4, 0.5) is 18.9 Å². The van der Waals surface area contributed by atoms with Gasteiger partial charge in [-0.1, -0.05) is 5.92 Å². The molecule has 0 N–H and O–H groups in total. The third-order valence-corrected chi connectivity index (χ3v) is 4.44.